The van der Waals surface area contributed by atoms with Crippen molar-refractivity contribution in [1.82, 2.24) is 5.32 Å². The van der Waals surface area contributed by atoms with E-state index in [1.807, 2.05) is 0 Å². The molecule has 1 aliphatic carbocycles. The Labute approximate surface area is 149 Å². The summed E-state index contributed by atoms with van der Waals surface area (Å²) in [7, 11) is 0. The highest BCUT2D eigenvalue weighted by molar-refractivity contribution is 6.30. The number of rotatable bonds is 6. The van der Waals surface area contributed by atoms with Crippen LogP contribution in [0.4, 0.5) is 4.39 Å². The number of carbonyl (C=O) groups excluding carboxylic acids is 1. The Balaban J connectivity index is 1.67. The van der Waals surface area contributed by atoms with Gasteiger partial charge in [-0.2, -0.15) is 0 Å². The van der Waals surface area contributed by atoms with Gasteiger partial charge >= 0.3 is 5.97 Å². The van der Waals surface area contributed by atoms with Crippen molar-refractivity contribution in [2.45, 2.75) is 24.8 Å². The fourth-order valence-corrected chi connectivity index (χ4v) is 3.09. The molecule has 0 saturated heterocycles. The Bertz CT molecular complexity index is 776. The number of carboxylic acids is 1. The molecular weight excluding hydrogens is 345 g/mol. The van der Waals surface area contributed by atoms with Crippen LogP contribution in [0.2, 0.25) is 5.02 Å². The van der Waals surface area contributed by atoms with Crippen LogP contribution in [0.25, 0.3) is 0 Å². The fourth-order valence-electron chi connectivity index (χ4n) is 2.96. The number of carboxylic acid groups (broad SMARTS) is 1. The Hall–Kier alpha value is -2.40. The number of amides is 1. The second-order valence-electron chi connectivity index (χ2n) is 6.21. The number of benzene rings is 2. The van der Waals surface area contributed by atoms with E-state index < -0.39 is 12.0 Å². The molecule has 0 spiro atoms. The van der Waals surface area contributed by atoms with Gasteiger partial charge in [0.25, 0.3) is 0 Å². The molecule has 130 valence electrons. The fraction of sp³-hybridized carbons (Fsp3) is 0.263. The summed E-state index contributed by atoms with van der Waals surface area (Å²) in [5.74, 6) is -1.65. The lowest BCUT2D eigenvalue weighted by Crippen LogP contribution is -2.31. The molecule has 2 aromatic carbocycles. The highest BCUT2D eigenvalue weighted by atomic mass is 35.5. The minimum atomic E-state index is -0.994. The summed E-state index contributed by atoms with van der Waals surface area (Å²) < 4.78 is 13.0. The van der Waals surface area contributed by atoms with Crippen LogP contribution in [0.3, 0.4) is 0 Å². The van der Waals surface area contributed by atoms with Gasteiger partial charge in [0.1, 0.15) is 5.82 Å². The Kier molecular flexibility index (Phi) is 5.04. The van der Waals surface area contributed by atoms with Crippen molar-refractivity contribution in [2.24, 2.45) is 5.92 Å². The molecule has 2 aromatic rings. The van der Waals surface area contributed by atoms with Gasteiger partial charge in [-0.15, -0.1) is 0 Å². The number of hydrogen-bond donors (Lipinski definition) is 2. The van der Waals surface area contributed by atoms with E-state index in [2.05, 4.69) is 5.32 Å². The maximum Gasteiger partial charge on any atom is 0.305 e. The molecule has 1 amide bonds. The topological polar surface area (TPSA) is 66.4 Å². The predicted octanol–water partition coefficient (Wildman–Crippen LogP) is 3.91. The normalized spacial score (nSPS) is 19.9. The molecule has 3 rings (SSSR count). The van der Waals surface area contributed by atoms with Crippen molar-refractivity contribution >= 4 is 23.5 Å². The van der Waals surface area contributed by atoms with Crippen molar-refractivity contribution in [3.05, 3.63) is 70.5 Å². The highest BCUT2D eigenvalue weighted by Crippen LogP contribution is 2.47. The lowest BCUT2D eigenvalue weighted by atomic mass is 10.0. The summed E-state index contributed by atoms with van der Waals surface area (Å²) in [4.78, 5) is 23.6. The van der Waals surface area contributed by atoms with Crippen molar-refractivity contribution in [1.29, 1.82) is 0 Å². The molecule has 0 heterocycles. The van der Waals surface area contributed by atoms with Gasteiger partial charge in [0.15, 0.2) is 0 Å². The number of carbonyl (C=O) groups is 2. The first-order chi connectivity index (χ1) is 11.9. The molecule has 0 unspecified atom stereocenters. The van der Waals surface area contributed by atoms with Crippen molar-refractivity contribution in [2.75, 3.05) is 0 Å². The second-order valence-corrected chi connectivity index (χ2v) is 6.65. The third-order valence-electron chi connectivity index (χ3n) is 4.39. The van der Waals surface area contributed by atoms with E-state index in [0.717, 1.165) is 5.56 Å². The Morgan fingerprint density at radius 3 is 2.40 bits per heavy atom. The molecule has 1 saturated carbocycles. The average Bonchev–Trinajstić information content (AvgIpc) is 3.36. The zero-order valence-electron chi connectivity index (χ0n) is 13.3. The summed E-state index contributed by atoms with van der Waals surface area (Å²) in [5.41, 5.74) is 1.61. The van der Waals surface area contributed by atoms with E-state index in [9.17, 15) is 14.0 Å². The molecule has 2 N–H and O–H groups in total. The van der Waals surface area contributed by atoms with Gasteiger partial charge in [-0.3, -0.25) is 9.59 Å². The summed E-state index contributed by atoms with van der Waals surface area (Å²) in [6.07, 6.45) is 0.471. The lowest BCUT2D eigenvalue weighted by molar-refractivity contribution is -0.137. The van der Waals surface area contributed by atoms with Crippen LogP contribution >= 0.6 is 11.6 Å². The van der Waals surface area contributed by atoms with E-state index in [0.29, 0.717) is 17.0 Å². The third kappa shape index (κ3) is 4.37. The SMILES string of the molecule is O=C(O)C[C@H](NC(=O)[C@H]1C[C@@H]1c1ccc(F)cc1)c1ccc(Cl)cc1. The summed E-state index contributed by atoms with van der Waals surface area (Å²) >= 11 is 5.86. The van der Waals surface area contributed by atoms with Gasteiger partial charge in [-0.25, -0.2) is 4.39 Å². The lowest BCUT2D eigenvalue weighted by Gasteiger charge is -2.17. The number of nitrogens with one attached hydrogen (secondary N) is 1. The molecule has 0 aliphatic heterocycles. The maximum atomic E-state index is 13.0. The molecule has 3 atom stereocenters. The maximum absolute atomic E-state index is 13.0. The minimum absolute atomic E-state index is 0.0521. The zero-order valence-corrected chi connectivity index (χ0v) is 14.0. The first-order valence-electron chi connectivity index (χ1n) is 7.97. The molecule has 0 aromatic heterocycles. The number of aliphatic carboxylic acids is 1. The van der Waals surface area contributed by atoms with Crippen LogP contribution in [0, 0.1) is 11.7 Å². The van der Waals surface area contributed by atoms with E-state index in [1.165, 1.54) is 12.1 Å². The minimum Gasteiger partial charge on any atom is -0.481 e. The van der Waals surface area contributed by atoms with E-state index >= 15 is 0 Å². The van der Waals surface area contributed by atoms with Crippen LogP contribution in [-0.4, -0.2) is 17.0 Å². The van der Waals surface area contributed by atoms with Crippen molar-refractivity contribution < 1.29 is 19.1 Å². The monoisotopic (exact) mass is 361 g/mol. The summed E-state index contributed by atoms with van der Waals surface area (Å²) in [5, 5.41) is 12.5. The summed E-state index contributed by atoms with van der Waals surface area (Å²) in [6, 6.07) is 12.3. The van der Waals surface area contributed by atoms with Crippen LogP contribution in [0.5, 0.6) is 0 Å². The molecule has 1 fully saturated rings. The Morgan fingerprint density at radius 1 is 1.16 bits per heavy atom. The first-order valence-corrected chi connectivity index (χ1v) is 8.35. The smallest absolute Gasteiger partial charge is 0.305 e. The first kappa shape index (κ1) is 17.4. The van der Waals surface area contributed by atoms with Gasteiger partial charge in [0.2, 0.25) is 5.91 Å². The highest BCUT2D eigenvalue weighted by Gasteiger charge is 2.44. The molecular formula is C19H17ClFNO3. The molecule has 0 radical (unpaired) electrons. The van der Waals surface area contributed by atoms with Crippen LogP contribution in [0.15, 0.2) is 48.5 Å². The van der Waals surface area contributed by atoms with E-state index in [1.54, 1.807) is 36.4 Å². The average molecular weight is 362 g/mol. The van der Waals surface area contributed by atoms with Crippen LogP contribution in [-0.2, 0) is 9.59 Å². The third-order valence-corrected chi connectivity index (χ3v) is 4.64. The molecule has 25 heavy (non-hydrogen) atoms. The molecule has 1 aliphatic rings. The standard InChI is InChI=1S/C19H17ClFNO3/c20-13-5-1-12(2-6-13)17(10-18(23)24)22-19(25)16-9-15(16)11-3-7-14(21)8-4-11/h1-8,15-17H,9-10H2,(H,22,25)(H,23,24)/t15-,16+,17+/m1/s1. The summed E-state index contributed by atoms with van der Waals surface area (Å²) in [6.45, 7) is 0. The largest absolute Gasteiger partial charge is 0.481 e. The molecule has 6 heteroatoms. The zero-order chi connectivity index (χ0) is 18.0. The van der Waals surface area contributed by atoms with Gasteiger partial charge in [-0.05, 0) is 47.7 Å². The van der Waals surface area contributed by atoms with Crippen molar-refractivity contribution in [3.63, 3.8) is 0 Å². The van der Waals surface area contributed by atoms with Gasteiger partial charge in [0, 0.05) is 10.9 Å². The second kappa shape index (κ2) is 7.23. The van der Waals surface area contributed by atoms with Gasteiger partial charge < -0.3 is 10.4 Å². The van der Waals surface area contributed by atoms with E-state index in [4.69, 9.17) is 16.7 Å². The molecule has 4 nitrogen and oxygen atoms in total. The van der Waals surface area contributed by atoms with Crippen LogP contribution in [0.1, 0.15) is 35.9 Å². The van der Waals surface area contributed by atoms with E-state index in [-0.39, 0.29) is 30.0 Å². The molecule has 0 bridgehead atoms. The van der Waals surface area contributed by atoms with Gasteiger partial charge in [0.05, 0.1) is 12.5 Å². The quantitative estimate of drug-likeness (QED) is 0.819. The number of halogens is 2. The van der Waals surface area contributed by atoms with Gasteiger partial charge in [-0.1, -0.05) is 35.9 Å². The van der Waals surface area contributed by atoms with Crippen LogP contribution < -0.4 is 5.32 Å². The number of hydrogen-bond acceptors (Lipinski definition) is 2. The Morgan fingerprint density at radius 2 is 1.80 bits per heavy atom. The van der Waals surface area contributed by atoms with Crippen molar-refractivity contribution in [3.8, 4) is 0 Å². The predicted molar refractivity (Wildman–Crippen MR) is 91.8 cm³/mol.